The molecule has 4 N–H and O–H groups in total. The van der Waals surface area contributed by atoms with Crippen molar-refractivity contribution in [3.8, 4) is 0 Å². The van der Waals surface area contributed by atoms with Gasteiger partial charge in [-0.05, 0) is 48.2 Å². The highest BCUT2D eigenvalue weighted by Crippen LogP contribution is 2.37. The third kappa shape index (κ3) is 4.79. The number of furan rings is 1. The van der Waals surface area contributed by atoms with Crippen molar-refractivity contribution in [3.63, 3.8) is 0 Å². The number of hydrogen-bond donors (Lipinski definition) is 4. The van der Waals surface area contributed by atoms with Gasteiger partial charge < -0.3 is 24.0 Å². The van der Waals surface area contributed by atoms with Crippen LogP contribution in [-0.2, 0) is 22.0 Å². The minimum absolute atomic E-state index is 0.220. The van der Waals surface area contributed by atoms with Crippen LogP contribution in [0.2, 0.25) is 0 Å². The summed E-state index contributed by atoms with van der Waals surface area (Å²) in [5, 5.41) is 1.63. The van der Waals surface area contributed by atoms with Crippen molar-refractivity contribution in [2.24, 2.45) is 0 Å². The summed E-state index contributed by atoms with van der Waals surface area (Å²) in [7, 11) is -8.11. The molecular formula is C16H18O7P2. The Hall–Kier alpha value is -1.46. The van der Waals surface area contributed by atoms with Gasteiger partial charge in [-0.3, -0.25) is 9.13 Å². The standard InChI is InChI=1S/C16H18O7P2/c17-24(18,19)7-5-11-1-3-15-13(9-11)14-10-12(2-4-16(14)23-15)6-8-25(20,21)22/h1-4,9-10H,5-8H2,(H2,17,18,19)(H2,20,21,22). The van der Waals surface area contributed by atoms with Gasteiger partial charge in [0.15, 0.2) is 0 Å². The Morgan fingerprint density at radius 3 is 1.48 bits per heavy atom. The van der Waals surface area contributed by atoms with Gasteiger partial charge in [0.25, 0.3) is 0 Å². The normalized spacial score (nSPS) is 13.0. The summed E-state index contributed by atoms with van der Waals surface area (Å²) in [5.74, 6) is 0. The van der Waals surface area contributed by atoms with Gasteiger partial charge in [-0.15, -0.1) is 0 Å². The highest BCUT2D eigenvalue weighted by Gasteiger charge is 2.15. The summed E-state index contributed by atoms with van der Waals surface area (Å²) in [6.45, 7) is 0. The quantitative estimate of drug-likeness (QED) is 0.481. The van der Waals surface area contributed by atoms with Gasteiger partial charge in [0.1, 0.15) is 11.2 Å². The van der Waals surface area contributed by atoms with Gasteiger partial charge in [-0.25, -0.2) is 0 Å². The van der Waals surface area contributed by atoms with Crippen LogP contribution in [0.4, 0.5) is 0 Å². The van der Waals surface area contributed by atoms with E-state index in [-0.39, 0.29) is 25.2 Å². The first-order valence-corrected chi connectivity index (χ1v) is 11.2. The molecule has 3 rings (SSSR count). The molecule has 2 aromatic carbocycles. The maximum atomic E-state index is 11.0. The molecule has 7 nitrogen and oxygen atoms in total. The fourth-order valence-electron chi connectivity index (χ4n) is 2.73. The van der Waals surface area contributed by atoms with E-state index in [9.17, 15) is 9.13 Å². The second kappa shape index (κ2) is 6.69. The third-order valence-electron chi connectivity index (χ3n) is 3.98. The first kappa shape index (κ1) is 18.3. The van der Waals surface area contributed by atoms with Crippen LogP contribution in [0, 0.1) is 0 Å². The molecule has 0 aliphatic carbocycles. The zero-order valence-electron chi connectivity index (χ0n) is 13.2. The van der Waals surface area contributed by atoms with Crippen molar-refractivity contribution >= 4 is 37.1 Å². The van der Waals surface area contributed by atoms with E-state index < -0.39 is 15.2 Å². The van der Waals surface area contributed by atoms with E-state index in [4.69, 9.17) is 24.0 Å². The number of hydrogen-bond acceptors (Lipinski definition) is 3. The van der Waals surface area contributed by atoms with Crippen molar-refractivity contribution in [1.82, 2.24) is 0 Å². The average molecular weight is 384 g/mol. The second-order valence-electron chi connectivity index (χ2n) is 6.04. The molecule has 0 radical (unpaired) electrons. The van der Waals surface area contributed by atoms with E-state index in [2.05, 4.69) is 0 Å². The molecule has 1 heterocycles. The number of benzene rings is 2. The summed E-state index contributed by atoms with van der Waals surface area (Å²) in [4.78, 5) is 36.1. The molecule has 1 aromatic heterocycles. The maximum absolute atomic E-state index is 11.0. The molecule has 3 aromatic rings. The Morgan fingerprint density at radius 2 is 1.12 bits per heavy atom. The van der Waals surface area contributed by atoms with Crippen molar-refractivity contribution in [2.75, 3.05) is 12.3 Å². The smallest absolute Gasteiger partial charge is 0.325 e. The van der Waals surface area contributed by atoms with Crippen LogP contribution < -0.4 is 0 Å². The largest absolute Gasteiger partial charge is 0.456 e. The first-order valence-electron chi connectivity index (χ1n) is 7.64. The molecule has 0 aliphatic heterocycles. The highest BCUT2D eigenvalue weighted by atomic mass is 31.2. The summed E-state index contributed by atoms with van der Waals surface area (Å²) in [6, 6.07) is 10.7. The predicted molar refractivity (Wildman–Crippen MR) is 95.0 cm³/mol. The average Bonchev–Trinajstić information content (AvgIpc) is 2.87. The number of aryl methyl sites for hydroxylation is 2. The highest BCUT2D eigenvalue weighted by molar-refractivity contribution is 7.52. The fraction of sp³-hybridized carbons (Fsp3) is 0.250. The lowest BCUT2D eigenvalue weighted by Gasteiger charge is -2.04. The van der Waals surface area contributed by atoms with Crippen LogP contribution in [0.3, 0.4) is 0 Å². The van der Waals surface area contributed by atoms with Crippen molar-refractivity contribution in [1.29, 1.82) is 0 Å². The molecule has 0 unspecified atom stereocenters. The number of rotatable bonds is 6. The van der Waals surface area contributed by atoms with Crippen LogP contribution >= 0.6 is 15.2 Å². The van der Waals surface area contributed by atoms with Crippen LogP contribution in [0.25, 0.3) is 21.9 Å². The topological polar surface area (TPSA) is 128 Å². The van der Waals surface area contributed by atoms with Crippen molar-refractivity contribution in [2.45, 2.75) is 12.8 Å². The molecule has 0 atom stereocenters. The zero-order valence-corrected chi connectivity index (χ0v) is 15.0. The lowest BCUT2D eigenvalue weighted by Crippen LogP contribution is -1.94. The van der Waals surface area contributed by atoms with Crippen LogP contribution in [0.15, 0.2) is 40.8 Å². The maximum Gasteiger partial charge on any atom is 0.325 e. The molecule has 0 amide bonds. The molecule has 25 heavy (non-hydrogen) atoms. The first-order chi connectivity index (χ1) is 11.6. The lowest BCUT2D eigenvalue weighted by atomic mass is 10.1. The third-order valence-corrected chi connectivity index (χ3v) is 5.59. The van der Waals surface area contributed by atoms with E-state index in [0.717, 1.165) is 21.9 Å². The van der Waals surface area contributed by atoms with Gasteiger partial charge in [0.2, 0.25) is 0 Å². The fourth-order valence-corrected chi connectivity index (χ4v) is 3.83. The molecule has 0 spiro atoms. The molecule has 0 bridgehead atoms. The van der Waals surface area contributed by atoms with E-state index in [1.54, 1.807) is 24.3 Å². The van der Waals surface area contributed by atoms with Gasteiger partial charge in [-0.2, -0.15) is 0 Å². The summed E-state index contributed by atoms with van der Waals surface area (Å²) in [6.07, 6.45) is 0.0687. The molecule has 0 aliphatic rings. The Kier molecular flexibility index (Phi) is 4.91. The van der Waals surface area contributed by atoms with Crippen molar-refractivity contribution in [3.05, 3.63) is 47.5 Å². The second-order valence-corrected chi connectivity index (χ2v) is 9.59. The molecular weight excluding hydrogens is 366 g/mol. The Morgan fingerprint density at radius 1 is 0.720 bits per heavy atom. The Bertz CT molecular complexity index is 932. The molecule has 0 fully saturated rings. The number of fused-ring (bicyclic) bond motifs is 3. The van der Waals surface area contributed by atoms with E-state index in [0.29, 0.717) is 11.2 Å². The van der Waals surface area contributed by atoms with Gasteiger partial charge in [0, 0.05) is 10.8 Å². The molecule has 134 valence electrons. The SMILES string of the molecule is O=P(O)(O)CCc1ccc2oc3ccc(CCP(=O)(O)O)cc3c2c1. The van der Waals surface area contributed by atoms with Gasteiger partial charge in [-0.1, -0.05) is 12.1 Å². The summed E-state index contributed by atoms with van der Waals surface area (Å²) in [5.41, 5.74) is 2.89. The summed E-state index contributed by atoms with van der Waals surface area (Å²) >= 11 is 0. The molecule has 9 heteroatoms. The van der Waals surface area contributed by atoms with Gasteiger partial charge in [0.05, 0.1) is 12.3 Å². The zero-order chi connectivity index (χ0) is 18.2. The Labute approximate surface area is 143 Å². The van der Waals surface area contributed by atoms with Crippen LogP contribution in [0.5, 0.6) is 0 Å². The predicted octanol–water partition coefficient (Wildman–Crippen LogP) is 3.03. The summed E-state index contributed by atoms with van der Waals surface area (Å²) < 4.78 is 27.8. The minimum Gasteiger partial charge on any atom is -0.456 e. The molecule has 0 saturated carbocycles. The van der Waals surface area contributed by atoms with Gasteiger partial charge >= 0.3 is 15.2 Å². The van der Waals surface area contributed by atoms with Crippen LogP contribution in [-0.4, -0.2) is 31.9 Å². The van der Waals surface area contributed by atoms with E-state index in [1.165, 1.54) is 0 Å². The monoisotopic (exact) mass is 384 g/mol. The van der Waals surface area contributed by atoms with E-state index in [1.807, 2.05) is 12.1 Å². The van der Waals surface area contributed by atoms with Crippen LogP contribution in [0.1, 0.15) is 11.1 Å². The Balaban J connectivity index is 1.95. The minimum atomic E-state index is -4.06. The lowest BCUT2D eigenvalue weighted by molar-refractivity contribution is 0.371. The van der Waals surface area contributed by atoms with Crippen molar-refractivity contribution < 1.29 is 33.1 Å². The molecule has 0 saturated heterocycles. The van der Waals surface area contributed by atoms with E-state index >= 15 is 0 Å².